The van der Waals surface area contributed by atoms with Crippen LogP contribution in [-0.4, -0.2) is 29.8 Å². The molecule has 0 radical (unpaired) electrons. The lowest BCUT2D eigenvalue weighted by atomic mass is 10.0. The largest absolute Gasteiger partial charge is 0.493 e. The van der Waals surface area contributed by atoms with Crippen molar-refractivity contribution in [2.24, 2.45) is 0 Å². The molecule has 0 bridgehead atoms. The van der Waals surface area contributed by atoms with Crippen LogP contribution in [0.1, 0.15) is 29.2 Å². The summed E-state index contributed by atoms with van der Waals surface area (Å²) in [6.07, 6.45) is 4.00. The molecule has 7 heteroatoms. The lowest BCUT2D eigenvalue weighted by Gasteiger charge is -2.15. The topological polar surface area (TPSA) is 79.6 Å². The van der Waals surface area contributed by atoms with Gasteiger partial charge in [-0.05, 0) is 60.5 Å². The van der Waals surface area contributed by atoms with E-state index >= 15 is 0 Å². The third-order valence-electron chi connectivity index (χ3n) is 4.66. The van der Waals surface area contributed by atoms with Crippen LogP contribution >= 0.6 is 11.8 Å². The van der Waals surface area contributed by atoms with Gasteiger partial charge in [0, 0.05) is 5.56 Å². The first-order chi connectivity index (χ1) is 15.0. The second-order valence-electron chi connectivity index (χ2n) is 6.67. The molecule has 1 saturated heterocycles. The highest BCUT2D eigenvalue weighted by Gasteiger charge is 2.35. The van der Waals surface area contributed by atoms with Crippen molar-refractivity contribution in [3.63, 3.8) is 0 Å². The zero-order valence-electron chi connectivity index (χ0n) is 17.4. The number of thioether (sulfide) groups is 1. The van der Waals surface area contributed by atoms with E-state index in [1.807, 2.05) is 13.0 Å². The molecule has 1 aliphatic heterocycles. The lowest BCUT2D eigenvalue weighted by molar-refractivity contribution is -0.123. The van der Waals surface area contributed by atoms with Crippen LogP contribution < -0.4 is 9.47 Å². The molecule has 0 atom stereocenters. The Labute approximate surface area is 185 Å². The third kappa shape index (κ3) is 4.81. The van der Waals surface area contributed by atoms with E-state index in [4.69, 9.17) is 9.47 Å². The number of ether oxygens (including phenoxy) is 2. The molecule has 1 fully saturated rings. The van der Waals surface area contributed by atoms with E-state index in [2.05, 4.69) is 12.6 Å². The standard InChI is InChI=1S/C24H22N2O4S/c1-4-8-17-11-16(12-20(30-5-2)22(17)29-3)13-21-23(27)26(24(28)31-21)15-19-10-7-6-9-18(19)14-25/h4,6-7,9-13H,1,5,8,15H2,2-3H3/b21-13+. The fourth-order valence-electron chi connectivity index (χ4n) is 3.29. The molecule has 1 aliphatic rings. The van der Waals surface area contributed by atoms with Crippen LogP contribution in [0.2, 0.25) is 0 Å². The maximum Gasteiger partial charge on any atom is 0.293 e. The molecule has 0 aromatic heterocycles. The van der Waals surface area contributed by atoms with E-state index in [0.717, 1.165) is 27.8 Å². The number of hydrogen-bond donors (Lipinski definition) is 0. The third-order valence-corrected chi connectivity index (χ3v) is 5.57. The molecular formula is C24H22N2O4S. The maximum atomic E-state index is 12.9. The zero-order valence-corrected chi connectivity index (χ0v) is 18.2. The van der Waals surface area contributed by atoms with Crippen LogP contribution in [0.4, 0.5) is 4.79 Å². The summed E-state index contributed by atoms with van der Waals surface area (Å²) in [5.74, 6) is 0.805. The number of carbonyl (C=O) groups is 2. The minimum absolute atomic E-state index is 0.0558. The molecule has 0 unspecified atom stereocenters. The van der Waals surface area contributed by atoms with Gasteiger partial charge in [-0.3, -0.25) is 14.5 Å². The smallest absolute Gasteiger partial charge is 0.293 e. The number of nitriles is 1. The van der Waals surface area contributed by atoms with Crippen molar-refractivity contribution in [3.8, 4) is 17.6 Å². The van der Waals surface area contributed by atoms with E-state index in [1.54, 1.807) is 49.6 Å². The van der Waals surface area contributed by atoms with Gasteiger partial charge in [0.25, 0.3) is 11.1 Å². The SMILES string of the molecule is C=CCc1cc(/C=C2/SC(=O)N(Cc3ccccc3C#N)C2=O)cc(OCC)c1OC. The van der Waals surface area contributed by atoms with Crippen molar-refractivity contribution >= 4 is 29.0 Å². The summed E-state index contributed by atoms with van der Waals surface area (Å²) in [4.78, 5) is 26.9. The minimum atomic E-state index is -0.387. The molecular weight excluding hydrogens is 412 g/mol. The zero-order chi connectivity index (χ0) is 22.4. The number of amides is 2. The predicted molar refractivity (Wildman–Crippen MR) is 121 cm³/mol. The highest BCUT2D eigenvalue weighted by molar-refractivity contribution is 8.18. The number of benzene rings is 2. The van der Waals surface area contributed by atoms with Gasteiger partial charge >= 0.3 is 0 Å². The predicted octanol–water partition coefficient (Wildman–Crippen LogP) is 4.93. The number of methoxy groups -OCH3 is 1. The van der Waals surface area contributed by atoms with Gasteiger partial charge in [0.05, 0.1) is 36.8 Å². The van der Waals surface area contributed by atoms with Crippen molar-refractivity contribution < 1.29 is 19.1 Å². The van der Waals surface area contributed by atoms with E-state index in [1.165, 1.54) is 0 Å². The van der Waals surface area contributed by atoms with Gasteiger partial charge in [0.1, 0.15) is 0 Å². The summed E-state index contributed by atoms with van der Waals surface area (Å²) in [5.41, 5.74) is 2.67. The van der Waals surface area contributed by atoms with E-state index in [9.17, 15) is 14.9 Å². The van der Waals surface area contributed by atoms with Crippen LogP contribution in [0, 0.1) is 11.3 Å². The Morgan fingerprint density at radius 2 is 2.00 bits per heavy atom. The lowest BCUT2D eigenvalue weighted by Crippen LogP contribution is -2.27. The Morgan fingerprint density at radius 3 is 2.68 bits per heavy atom. The van der Waals surface area contributed by atoms with Gasteiger partial charge in [-0.25, -0.2) is 0 Å². The fraction of sp³-hybridized carbons (Fsp3) is 0.208. The molecule has 3 rings (SSSR count). The number of nitrogens with zero attached hydrogens (tertiary/aromatic N) is 2. The van der Waals surface area contributed by atoms with Crippen LogP contribution in [0.25, 0.3) is 6.08 Å². The Hall–Kier alpha value is -3.50. The summed E-state index contributed by atoms with van der Waals surface area (Å²) in [6, 6.07) is 12.7. The molecule has 2 aromatic rings. The quantitative estimate of drug-likeness (QED) is 0.433. The molecule has 0 saturated carbocycles. The molecule has 2 amide bonds. The van der Waals surface area contributed by atoms with Gasteiger partial charge < -0.3 is 9.47 Å². The second kappa shape index (κ2) is 10.0. The first-order valence-corrected chi connectivity index (χ1v) is 10.5. The van der Waals surface area contributed by atoms with Crippen LogP contribution in [0.15, 0.2) is 54.0 Å². The van der Waals surface area contributed by atoms with Crippen LogP contribution in [0.5, 0.6) is 11.5 Å². The molecule has 158 valence electrons. The minimum Gasteiger partial charge on any atom is -0.493 e. The highest BCUT2D eigenvalue weighted by atomic mass is 32.2. The van der Waals surface area contributed by atoms with Crippen molar-refractivity contribution in [2.45, 2.75) is 19.9 Å². The Bertz CT molecular complexity index is 1100. The number of allylic oxidation sites excluding steroid dienone is 1. The van der Waals surface area contributed by atoms with E-state index < -0.39 is 0 Å². The van der Waals surface area contributed by atoms with Gasteiger partial charge in [-0.2, -0.15) is 5.26 Å². The van der Waals surface area contributed by atoms with E-state index in [-0.39, 0.29) is 17.7 Å². The summed E-state index contributed by atoms with van der Waals surface area (Å²) in [6.45, 7) is 6.18. The highest BCUT2D eigenvalue weighted by Crippen LogP contribution is 2.37. The molecule has 31 heavy (non-hydrogen) atoms. The maximum absolute atomic E-state index is 12.9. The average molecular weight is 435 g/mol. The fourth-order valence-corrected chi connectivity index (χ4v) is 4.13. The van der Waals surface area contributed by atoms with Gasteiger partial charge in [0.15, 0.2) is 11.5 Å². The first-order valence-electron chi connectivity index (χ1n) is 9.70. The Balaban J connectivity index is 1.93. The van der Waals surface area contributed by atoms with E-state index in [0.29, 0.717) is 40.6 Å². The second-order valence-corrected chi connectivity index (χ2v) is 7.67. The first kappa shape index (κ1) is 22.2. The van der Waals surface area contributed by atoms with Gasteiger partial charge in [-0.15, -0.1) is 6.58 Å². The normalized spacial score (nSPS) is 14.6. The summed E-state index contributed by atoms with van der Waals surface area (Å²) in [7, 11) is 1.58. The van der Waals surface area contributed by atoms with Crippen molar-refractivity contribution in [2.75, 3.05) is 13.7 Å². The molecule has 0 N–H and O–H groups in total. The number of imide groups is 1. The average Bonchev–Trinajstić information content (AvgIpc) is 3.02. The molecule has 0 spiro atoms. The van der Waals surface area contributed by atoms with Gasteiger partial charge in [0.2, 0.25) is 0 Å². The number of rotatable bonds is 8. The summed E-state index contributed by atoms with van der Waals surface area (Å²) >= 11 is 0.881. The number of carbonyl (C=O) groups excluding carboxylic acids is 2. The van der Waals surface area contributed by atoms with Gasteiger partial charge in [-0.1, -0.05) is 24.3 Å². The molecule has 2 aromatic carbocycles. The van der Waals surface area contributed by atoms with Crippen LogP contribution in [0.3, 0.4) is 0 Å². The van der Waals surface area contributed by atoms with Crippen molar-refractivity contribution in [1.29, 1.82) is 5.26 Å². The number of hydrogen-bond acceptors (Lipinski definition) is 6. The monoisotopic (exact) mass is 434 g/mol. The summed E-state index contributed by atoms with van der Waals surface area (Å²) < 4.78 is 11.2. The van der Waals surface area contributed by atoms with Crippen molar-refractivity contribution in [3.05, 3.63) is 76.2 Å². The molecule has 6 nitrogen and oxygen atoms in total. The molecule has 0 aliphatic carbocycles. The van der Waals surface area contributed by atoms with Crippen molar-refractivity contribution in [1.82, 2.24) is 4.90 Å². The Morgan fingerprint density at radius 1 is 1.23 bits per heavy atom. The molecule has 1 heterocycles. The summed E-state index contributed by atoms with van der Waals surface area (Å²) in [5, 5.41) is 8.90. The van der Waals surface area contributed by atoms with Crippen LogP contribution in [-0.2, 0) is 17.8 Å². The Kier molecular flexibility index (Phi) is 7.16.